The number of hydrogen-bond donors (Lipinski definition) is 2. The topological polar surface area (TPSA) is 75.6 Å². The molecular weight excluding hydrogens is 186 g/mol. The molecule has 5 heteroatoms. The normalized spacial score (nSPS) is 12.1. The van der Waals surface area contributed by atoms with Gasteiger partial charge in [-0.1, -0.05) is 0 Å². The average Bonchev–Trinajstić information content (AvgIpc) is 2.12. The Hall–Kier alpha value is -1.10. The number of esters is 1. The lowest BCUT2D eigenvalue weighted by Gasteiger charge is -2.11. The fourth-order valence-corrected chi connectivity index (χ4v) is 0.912. The largest absolute Gasteiger partial charge is 0.481 e. The first-order chi connectivity index (χ1) is 6.56. The summed E-state index contributed by atoms with van der Waals surface area (Å²) in [6.45, 7) is 4.08. The fourth-order valence-electron chi connectivity index (χ4n) is 0.912. The molecule has 82 valence electrons. The third kappa shape index (κ3) is 7.54. The van der Waals surface area contributed by atoms with Crippen molar-refractivity contribution in [3.63, 3.8) is 0 Å². The molecule has 0 fully saturated rings. The highest BCUT2D eigenvalue weighted by molar-refractivity contribution is 5.71. The highest BCUT2D eigenvalue weighted by Crippen LogP contribution is 1.95. The number of carbonyl (C=O) groups is 2. The smallest absolute Gasteiger partial charge is 0.319 e. The van der Waals surface area contributed by atoms with Crippen molar-refractivity contribution >= 4 is 11.9 Å². The molecule has 0 radical (unpaired) electrons. The first-order valence-electron chi connectivity index (χ1n) is 4.67. The summed E-state index contributed by atoms with van der Waals surface area (Å²) in [5.74, 6) is -1.13. The molecule has 0 aromatic heterocycles. The van der Waals surface area contributed by atoms with E-state index in [0.29, 0.717) is 13.0 Å². The predicted molar refractivity (Wildman–Crippen MR) is 51.0 cm³/mol. The molecule has 0 amide bonds. The molecule has 0 rings (SSSR count). The molecule has 0 heterocycles. The van der Waals surface area contributed by atoms with E-state index in [4.69, 9.17) is 9.84 Å². The molecule has 0 aromatic carbocycles. The van der Waals surface area contributed by atoms with Crippen molar-refractivity contribution in [3.8, 4) is 0 Å². The van der Waals surface area contributed by atoms with Gasteiger partial charge >= 0.3 is 11.9 Å². The Bertz CT molecular complexity index is 193. The minimum absolute atomic E-state index is 0.00973. The van der Waals surface area contributed by atoms with E-state index >= 15 is 0 Å². The van der Waals surface area contributed by atoms with Crippen LogP contribution in [0.1, 0.15) is 26.7 Å². The van der Waals surface area contributed by atoms with E-state index in [1.54, 1.807) is 6.92 Å². The molecule has 0 aliphatic carbocycles. The van der Waals surface area contributed by atoms with Gasteiger partial charge in [-0.3, -0.25) is 9.59 Å². The van der Waals surface area contributed by atoms with Gasteiger partial charge in [0.2, 0.25) is 0 Å². The summed E-state index contributed by atoms with van der Waals surface area (Å²) in [4.78, 5) is 21.1. The van der Waals surface area contributed by atoms with Gasteiger partial charge in [-0.15, -0.1) is 0 Å². The fraction of sp³-hybridized carbons (Fsp3) is 0.778. The monoisotopic (exact) mass is 203 g/mol. The molecule has 2 N–H and O–H groups in total. The van der Waals surface area contributed by atoms with Crippen LogP contribution < -0.4 is 5.32 Å². The van der Waals surface area contributed by atoms with Gasteiger partial charge in [0.25, 0.3) is 0 Å². The van der Waals surface area contributed by atoms with Crippen molar-refractivity contribution in [2.75, 3.05) is 13.2 Å². The van der Waals surface area contributed by atoms with Crippen LogP contribution in [0, 0.1) is 0 Å². The second kappa shape index (κ2) is 7.32. The summed E-state index contributed by atoms with van der Waals surface area (Å²) in [5, 5.41) is 11.3. The first kappa shape index (κ1) is 12.9. The number of carboxylic acids is 1. The van der Waals surface area contributed by atoms with Crippen LogP contribution in [0.5, 0.6) is 0 Å². The summed E-state index contributed by atoms with van der Waals surface area (Å²) in [6.07, 6.45) is 0.617. The van der Waals surface area contributed by atoms with Crippen LogP contribution in [0.15, 0.2) is 0 Å². The Morgan fingerprint density at radius 3 is 2.64 bits per heavy atom. The van der Waals surface area contributed by atoms with Crippen LogP contribution in [-0.4, -0.2) is 36.2 Å². The number of carboxylic acid groups (broad SMARTS) is 1. The molecule has 0 aromatic rings. The number of nitrogens with one attached hydrogen (secondary N) is 1. The number of aliphatic carboxylic acids is 1. The van der Waals surface area contributed by atoms with Crippen molar-refractivity contribution in [1.82, 2.24) is 5.32 Å². The standard InChI is InChI=1S/C9H17NO4/c1-3-14-9(13)6-10-7(2)4-5-8(11)12/h7,10H,3-6H2,1-2H3,(H,11,12)/t7-/m1/s1. The molecule has 0 saturated carbocycles. The van der Waals surface area contributed by atoms with E-state index in [2.05, 4.69) is 5.32 Å². The third-order valence-corrected chi connectivity index (χ3v) is 1.69. The number of ether oxygens (including phenoxy) is 1. The molecule has 0 aliphatic rings. The van der Waals surface area contributed by atoms with Crippen LogP contribution in [0.2, 0.25) is 0 Å². The van der Waals surface area contributed by atoms with Gasteiger partial charge in [0.15, 0.2) is 0 Å². The van der Waals surface area contributed by atoms with E-state index in [1.807, 2.05) is 6.92 Å². The first-order valence-corrected chi connectivity index (χ1v) is 4.67. The lowest BCUT2D eigenvalue weighted by atomic mass is 10.2. The summed E-state index contributed by atoms with van der Waals surface area (Å²) < 4.78 is 4.70. The van der Waals surface area contributed by atoms with Crippen molar-refractivity contribution < 1.29 is 19.4 Å². The maximum atomic E-state index is 10.9. The quantitative estimate of drug-likeness (QED) is 0.585. The van der Waals surface area contributed by atoms with E-state index < -0.39 is 5.97 Å². The maximum absolute atomic E-state index is 10.9. The number of rotatable bonds is 7. The van der Waals surface area contributed by atoms with Crippen molar-refractivity contribution in [2.45, 2.75) is 32.7 Å². The van der Waals surface area contributed by atoms with Crippen LogP contribution >= 0.6 is 0 Å². The molecule has 0 bridgehead atoms. The highest BCUT2D eigenvalue weighted by Gasteiger charge is 2.07. The van der Waals surface area contributed by atoms with Crippen LogP contribution in [-0.2, 0) is 14.3 Å². The third-order valence-electron chi connectivity index (χ3n) is 1.69. The Labute approximate surface area is 83.4 Å². The zero-order chi connectivity index (χ0) is 11.0. The van der Waals surface area contributed by atoms with Crippen LogP contribution in [0.3, 0.4) is 0 Å². The van der Waals surface area contributed by atoms with Crippen molar-refractivity contribution in [2.24, 2.45) is 0 Å². The SMILES string of the molecule is CCOC(=O)CN[C@H](C)CCC(=O)O. The number of hydrogen-bond acceptors (Lipinski definition) is 4. The molecule has 14 heavy (non-hydrogen) atoms. The van der Waals surface area contributed by atoms with Crippen molar-refractivity contribution in [3.05, 3.63) is 0 Å². The molecule has 0 spiro atoms. The maximum Gasteiger partial charge on any atom is 0.319 e. The van der Waals surface area contributed by atoms with E-state index in [9.17, 15) is 9.59 Å². The van der Waals surface area contributed by atoms with Gasteiger partial charge < -0.3 is 15.2 Å². The summed E-state index contributed by atoms with van der Waals surface area (Å²) in [7, 11) is 0. The predicted octanol–water partition coefficient (Wildman–Crippen LogP) is 0.392. The van der Waals surface area contributed by atoms with Gasteiger partial charge in [-0.2, -0.15) is 0 Å². The zero-order valence-electron chi connectivity index (χ0n) is 8.58. The van der Waals surface area contributed by atoms with Crippen LogP contribution in [0.4, 0.5) is 0 Å². The molecular formula is C9H17NO4. The Morgan fingerprint density at radius 2 is 2.14 bits per heavy atom. The second-order valence-electron chi connectivity index (χ2n) is 3.02. The minimum atomic E-state index is -0.824. The van der Waals surface area contributed by atoms with Gasteiger partial charge in [-0.25, -0.2) is 0 Å². The van der Waals surface area contributed by atoms with Gasteiger partial charge in [-0.05, 0) is 20.3 Å². The summed E-state index contributed by atoms with van der Waals surface area (Å²) in [6, 6.07) is 0.00973. The van der Waals surface area contributed by atoms with Gasteiger partial charge in [0.05, 0.1) is 13.2 Å². The Balaban J connectivity index is 3.48. The molecule has 0 aliphatic heterocycles. The molecule has 0 saturated heterocycles. The zero-order valence-corrected chi connectivity index (χ0v) is 8.58. The lowest BCUT2D eigenvalue weighted by Crippen LogP contribution is -2.32. The summed E-state index contributed by atoms with van der Waals surface area (Å²) >= 11 is 0. The summed E-state index contributed by atoms with van der Waals surface area (Å²) in [5.41, 5.74) is 0. The van der Waals surface area contributed by atoms with Gasteiger partial charge in [0, 0.05) is 12.5 Å². The van der Waals surface area contributed by atoms with Gasteiger partial charge in [0.1, 0.15) is 0 Å². The number of carbonyl (C=O) groups excluding carboxylic acids is 1. The van der Waals surface area contributed by atoms with Crippen molar-refractivity contribution in [1.29, 1.82) is 0 Å². The second-order valence-corrected chi connectivity index (χ2v) is 3.02. The molecule has 0 unspecified atom stereocenters. The highest BCUT2D eigenvalue weighted by atomic mass is 16.5. The minimum Gasteiger partial charge on any atom is -0.481 e. The Kier molecular flexibility index (Phi) is 6.74. The van der Waals surface area contributed by atoms with E-state index in [1.165, 1.54) is 0 Å². The van der Waals surface area contributed by atoms with E-state index in [-0.39, 0.29) is 25.0 Å². The Morgan fingerprint density at radius 1 is 1.50 bits per heavy atom. The molecule has 5 nitrogen and oxygen atoms in total. The molecule has 1 atom stereocenters. The van der Waals surface area contributed by atoms with E-state index in [0.717, 1.165) is 0 Å². The average molecular weight is 203 g/mol. The lowest BCUT2D eigenvalue weighted by molar-refractivity contribution is -0.142. The van der Waals surface area contributed by atoms with Crippen LogP contribution in [0.25, 0.3) is 0 Å².